The largest absolute Gasteiger partial charge is 0.455 e. The van der Waals surface area contributed by atoms with Crippen LogP contribution in [0.2, 0.25) is 0 Å². The maximum atomic E-state index is 12.1. The van der Waals surface area contributed by atoms with Crippen molar-refractivity contribution < 1.29 is 19.1 Å². The molecule has 1 aliphatic rings. The number of esters is 1. The molecule has 1 saturated heterocycles. The Morgan fingerprint density at radius 2 is 2.05 bits per heavy atom. The quantitative estimate of drug-likeness (QED) is 0.820. The monoisotopic (exact) mass is 304 g/mol. The SMILES string of the molecule is CNC(=O)COC(=O)[C@H]1CC(=O)N([C@H](C)c2ccccc2)C1. The first-order chi connectivity index (χ1) is 10.5. The van der Waals surface area contributed by atoms with Gasteiger partial charge in [0.1, 0.15) is 0 Å². The number of rotatable bonds is 5. The predicted octanol–water partition coefficient (Wildman–Crippen LogP) is 0.885. The van der Waals surface area contributed by atoms with Crippen LogP contribution in [0, 0.1) is 5.92 Å². The van der Waals surface area contributed by atoms with Crippen molar-refractivity contribution in [1.82, 2.24) is 10.2 Å². The minimum atomic E-state index is -0.511. The van der Waals surface area contributed by atoms with Gasteiger partial charge in [-0.3, -0.25) is 14.4 Å². The topological polar surface area (TPSA) is 75.7 Å². The van der Waals surface area contributed by atoms with Gasteiger partial charge in [0.2, 0.25) is 5.91 Å². The van der Waals surface area contributed by atoms with Gasteiger partial charge >= 0.3 is 5.97 Å². The van der Waals surface area contributed by atoms with E-state index in [0.717, 1.165) is 5.56 Å². The molecular weight excluding hydrogens is 284 g/mol. The molecule has 118 valence electrons. The summed E-state index contributed by atoms with van der Waals surface area (Å²) in [5, 5.41) is 2.37. The normalized spacial score (nSPS) is 18.9. The number of hydrogen-bond donors (Lipinski definition) is 1. The van der Waals surface area contributed by atoms with Crippen molar-refractivity contribution in [3.8, 4) is 0 Å². The smallest absolute Gasteiger partial charge is 0.311 e. The second-order valence-corrected chi connectivity index (χ2v) is 5.31. The first-order valence-electron chi connectivity index (χ1n) is 7.24. The van der Waals surface area contributed by atoms with Gasteiger partial charge in [0.05, 0.1) is 12.0 Å². The molecule has 2 atom stereocenters. The average molecular weight is 304 g/mol. The predicted molar refractivity (Wildman–Crippen MR) is 79.7 cm³/mol. The zero-order valence-electron chi connectivity index (χ0n) is 12.7. The third kappa shape index (κ3) is 3.63. The van der Waals surface area contributed by atoms with Crippen molar-refractivity contribution in [3.63, 3.8) is 0 Å². The van der Waals surface area contributed by atoms with Gasteiger partial charge in [-0.05, 0) is 12.5 Å². The van der Waals surface area contributed by atoms with E-state index in [1.807, 2.05) is 37.3 Å². The number of likely N-dealkylation sites (tertiary alicyclic amines) is 1. The number of carbonyl (C=O) groups is 3. The lowest BCUT2D eigenvalue weighted by atomic mass is 10.1. The molecule has 0 bridgehead atoms. The molecule has 6 nitrogen and oxygen atoms in total. The molecule has 1 N–H and O–H groups in total. The first-order valence-corrected chi connectivity index (χ1v) is 7.24. The highest BCUT2D eigenvalue weighted by Crippen LogP contribution is 2.28. The van der Waals surface area contributed by atoms with Gasteiger partial charge in [-0.25, -0.2) is 0 Å². The highest BCUT2D eigenvalue weighted by molar-refractivity contribution is 5.88. The highest BCUT2D eigenvalue weighted by Gasteiger charge is 2.38. The lowest BCUT2D eigenvalue weighted by Gasteiger charge is -2.25. The Morgan fingerprint density at radius 3 is 2.68 bits per heavy atom. The molecule has 0 unspecified atom stereocenters. The number of ether oxygens (including phenoxy) is 1. The van der Waals surface area contributed by atoms with E-state index >= 15 is 0 Å². The van der Waals surface area contributed by atoms with Crippen molar-refractivity contribution in [1.29, 1.82) is 0 Å². The number of nitrogens with zero attached hydrogens (tertiary/aromatic N) is 1. The summed E-state index contributed by atoms with van der Waals surface area (Å²) in [7, 11) is 1.47. The molecule has 2 rings (SSSR count). The van der Waals surface area contributed by atoms with Crippen molar-refractivity contribution in [2.24, 2.45) is 5.92 Å². The van der Waals surface area contributed by atoms with Gasteiger partial charge in [0, 0.05) is 20.0 Å². The van der Waals surface area contributed by atoms with Crippen LogP contribution in [0.4, 0.5) is 0 Å². The van der Waals surface area contributed by atoms with E-state index in [1.165, 1.54) is 7.05 Å². The molecule has 6 heteroatoms. The molecule has 2 amide bonds. The van der Waals surface area contributed by atoms with Crippen LogP contribution in [0.15, 0.2) is 30.3 Å². The van der Waals surface area contributed by atoms with Crippen LogP contribution in [0.5, 0.6) is 0 Å². The van der Waals surface area contributed by atoms with Crippen LogP contribution in [-0.2, 0) is 19.1 Å². The van der Waals surface area contributed by atoms with E-state index in [0.29, 0.717) is 6.54 Å². The molecule has 1 aromatic rings. The minimum absolute atomic E-state index is 0.0711. The Balaban J connectivity index is 1.96. The number of likely N-dealkylation sites (N-methyl/N-ethyl adjacent to an activating group) is 1. The summed E-state index contributed by atoms with van der Waals surface area (Å²) in [5.41, 5.74) is 1.02. The number of amides is 2. The molecule has 1 fully saturated rings. The lowest BCUT2D eigenvalue weighted by molar-refractivity contribution is -0.152. The third-order valence-corrected chi connectivity index (χ3v) is 3.87. The van der Waals surface area contributed by atoms with Crippen LogP contribution in [0.1, 0.15) is 24.9 Å². The van der Waals surface area contributed by atoms with Crippen LogP contribution in [0.3, 0.4) is 0 Å². The van der Waals surface area contributed by atoms with E-state index in [-0.39, 0.29) is 30.9 Å². The van der Waals surface area contributed by atoms with Gasteiger partial charge < -0.3 is 15.0 Å². The maximum Gasteiger partial charge on any atom is 0.311 e. The summed E-state index contributed by atoms with van der Waals surface area (Å²) in [5.74, 6) is -1.45. The molecular formula is C16H20N2O4. The first kappa shape index (κ1) is 16.0. The molecule has 0 radical (unpaired) electrons. The van der Waals surface area contributed by atoms with Crippen LogP contribution < -0.4 is 5.32 Å². The van der Waals surface area contributed by atoms with Crippen molar-refractivity contribution in [2.45, 2.75) is 19.4 Å². The van der Waals surface area contributed by atoms with Gasteiger partial charge in [-0.2, -0.15) is 0 Å². The summed E-state index contributed by atoms with van der Waals surface area (Å²) in [4.78, 5) is 36.8. The fourth-order valence-corrected chi connectivity index (χ4v) is 2.50. The van der Waals surface area contributed by atoms with Gasteiger partial charge in [-0.15, -0.1) is 0 Å². The summed E-state index contributed by atoms with van der Waals surface area (Å²) < 4.78 is 4.93. The second kappa shape index (κ2) is 7.06. The number of nitrogens with one attached hydrogen (secondary N) is 1. The van der Waals surface area contributed by atoms with Crippen molar-refractivity contribution in [3.05, 3.63) is 35.9 Å². The summed E-state index contributed by atoms with van der Waals surface area (Å²) in [6.45, 7) is 1.95. The minimum Gasteiger partial charge on any atom is -0.455 e. The standard InChI is InChI=1S/C16H20N2O4/c1-11(12-6-4-3-5-7-12)18-9-13(8-15(18)20)16(21)22-10-14(19)17-2/h3-7,11,13H,8-10H2,1-2H3,(H,17,19)/t11-,13+/m1/s1. The average Bonchev–Trinajstić information content (AvgIpc) is 2.94. The Bertz CT molecular complexity index is 559. The summed E-state index contributed by atoms with van der Waals surface area (Å²) >= 11 is 0. The Labute approximate surface area is 129 Å². The van der Waals surface area contributed by atoms with E-state index < -0.39 is 11.9 Å². The Morgan fingerprint density at radius 1 is 1.36 bits per heavy atom. The molecule has 0 aliphatic carbocycles. The van der Waals surface area contributed by atoms with Gasteiger partial charge in [0.25, 0.3) is 5.91 Å². The molecule has 0 spiro atoms. The fourth-order valence-electron chi connectivity index (χ4n) is 2.50. The maximum absolute atomic E-state index is 12.1. The number of hydrogen-bond acceptors (Lipinski definition) is 4. The lowest BCUT2D eigenvalue weighted by Crippen LogP contribution is -2.31. The molecule has 1 aromatic carbocycles. The van der Waals surface area contributed by atoms with Gasteiger partial charge in [0.15, 0.2) is 6.61 Å². The van der Waals surface area contributed by atoms with E-state index in [1.54, 1.807) is 4.90 Å². The fraction of sp³-hybridized carbons (Fsp3) is 0.438. The highest BCUT2D eigenvalue weighted by atomic mass is 16.5. The number of benzene rings is 1. The summed E-state index contributed by atoms with van der Waals surface area (Å²) in [6.07, 6.45) is 0.129. The van der Waals surface area contributed by atoms with Crippen LogP contribution in [0.25, 0.3) is 0 Å². The molecule has 0 aromatic heterocycles. The van der Waals surface area contributed by atoms with E-state index in [2.05, 4.69) is 5.32 Å². The number of carbonyl (C=O) groups excluding carboxylic acids is 3. The second-order valence-electron chi connectivity index (χ2n) is 5.31. The van der Waals surface area contributed by atoms with Crippen molar-refractivity contribution >= 4 is 17.8 Å². The van der Waals surface area contributed by atoms with E-state index in [9.17, 15) is 14.4 Å². The molecule has 0 saturated carbocycles. The van der Waals surface area contributed by atoms with Crippen molar-refractivity contribution in [2.75, 3.05) is 20.2 Å². The van der Waals surface area contributed by atoms with Gasteiger partial charge in [-0.1, -0.05) is 30.3 Å². The zero-order chi connectivity index (χ0) is 16.1. The zero-order valence-corrected chi connectivity index (χ0v) is 12.7. The Kier molecular flexibility index (Phi) is 5.14. The Hall–Kier alpha value is -2.37. The van der Waals surface area contributed by atoms with E-state index in [4.69, 9.17) is 4.74 Å². The molecule has 1 aliphatic heterocycles. The summed E-state index contributed by atoms with van der Waals surface area (Å²) in [6, 6.07) is 9.57. The van der Waals surface area contributed by atoms with Crippen LogP contribution >= 0.6 is 0 Å². The van der Waals surface area contributed by atoms with Crippen LogP contribution in [-0.4, -0.2) is 42.9 Å². The molecule has 22 heavy (non-hydrogen) atoms. The molecule has 1 heterocycles. The third-order valence-electron chi connectivity index (χ3n) is 3.87.